The number of aromatic carboxylic acids is 1. The van der Waals surface area contributed by atoms with E-state index in [1.165, 1.54) is 24.3 Å². The Hall–Kier alpha value is -2.30. The van der Waals surface area contributed by atoms with Gasteiger partial charge in [-0.3, -0.25) is 9.52 Å². The van der Waals surface area contributed by atoms with Crippen molar-refractivity contribution in [3.63, 3.8) is 0 Å². The molecule has 1 saturated heterocycles. The number of benzene rings is 1. The smallest absolute Gasteiger partial charge is 0.337 e. The number of anilines is 2. The molecule has 8 nitrogen and oxygen atoms in total. The molecule has 30 heavy (non-hydrogen) atoms. The lowest BCUT2D eigenvalue weighted by Crippen LogP contribution is -2.37. The summed E-state index contributed by atoms with van der Waals surface area (Å²) in [6.45, 7) is 3.09. The van der Waals surface area contributed by atoms with Crippen LogP contribution < -0.4 is 9.62 Å². The van der Waals surface area contributed by atoms with E-state index in [1.807, 2.05) is 4.90 Å². The zero-order valence-electron chi connectivity index (χ0n) is 16.1. The van der Waals surface area contributed by atoms with Crippen molar-refractivity contribution in [3.05, 3.63) is 40.2 Å². The lowest BCUT2D eigenvalue weighted by atomic mass is 9.96. The second-order valence-corrected chi connectivity index (χ2v) is 10.3. The molecule has 11 heteroatoms. The summed E-state index contributed by atoms with van der Waals surface area (Å²) in [7, 11) is -3.87. The van der Waals surface area contributed by atoms with Crippen LogP contribution in [-0.2, 0) is 19.6 Å². The van der Waals surface area contributed by atoms with Crippen LogP contribution in [0.2, 0.25) is 4.34 Å². The van der Waals surface area contributed by atoms with Crippen LogP contribution in [0.15, 0.2) is 34.5 Å². The topological polar surface area (TPSA) is 113 Å². The highest BCUT2D eigenvalue weighted by atomic mass is 35.5. The Morgan fingerprint density at radius 2 is 1.97 bits per heavy atom. The predicted molar refractivity (Wildman–Crippen MR) is 115 cm³/mol. The van der Waals surface area contributed by atoms with Gasteiger partial charge in [-0.2, -0.15) is 0 Å². The second kappa shape index (κ2) is 9.23. The minimum atomic E-state index is -3.87. The lowest BCUT2D eigenvalue weighted by molar-refractivity contribution is -0.148. The van der Waals surface area contributed by atoms with Gasteiger partial charge in [-0.05, 0) is 50.1 Å². The second-order valence-electron chi connectivity index (χ2n) is 6.71. The van der Waals surface area contributed by atoms with Crippen molar-refractivity contribution in [1.82, 2.24) is 0 Å². The number of nitrogens with one attached hydrogen (secondary N) is 1. The molecule has 2 heterocycles. The summed E-state index contributed by atoms with van der Waals surface area (Å²) in [5.74, 6) is -1.59. The highest BCUT2D eigenvalue weighted by molar-refractivity contribution is 7.94. The fourth-order valence-electron chi connectivity index (χ4n) is 3.31. The zero-order chi connectivity index (χ0) is 21.9. The molecule has 1 aliphatic rings. The van der Waals surface area contributed by atoms with Gasteiger partial charge >= 0.3 is 11.9 Å². The van der Waals surface area contributed by atoms with Crippen LogP contribution in [-0.4, -0.2) is 45.2 Å². The van der Waals surface area contributed by atoms with Crippen LogP contribution in [0.3, 0.4) is 0 Å². The first kappa shape index (κ1) is 22.4. The number of carboxylic acids is 1. The molecule has 2 aromatic rings. The van der Waals surface area contributed by atoms with E-state index < -0.39 is 16.0 Å². The van der Waals surface area contributed by atoms with Crippen LogP contribution in [0.25, 0.3) is 0 Å². The Morgan fingerprint density at radius 1 is 1.27 bits per heavy atom. The Morgan fingerprint density at radius 3 is 2.53 bits per heavy atom. The summed E-state index contributed by atoms with van der Waals surface area (Å²) >= 11 is 6.71. The number of hydrogen-bond acceptors (Lipinski definition) is 7. The van der Waals surface area contributed by atoms with Gasteiger partial charge in [0.25, 0.3) is 10.0 Å². The normalized spacial score (nSPS) is 15.1. The van der Waals surface area contributed by atoms with Crippen LogP contribution >= 0.6 is 22.9 Å². The summed E-state index contributed by atoms with van der Waals surface area (Å²) < 4.78 is 32.8. The molecule has 2 N–H and O–H groups in total. The van der Waals surface area contributed by atoms with Gasteiger partial charge < -0.3 is 14.7 Å². The molecule has 0 aliphatic carbocycles. The summed E-state index contributed by atoms with van der Waals surface area (Å²) in [6, 6.07) is 7.25. The van der Waals surface area contributed by atoms with E-state index in [0.717, 1.165) is 11.3 Å². The number of nitrogens with zero attached hydrogens (tertiary/aromatic N) is 1. The third-order valence-electron chi connectivity index (χ3n) is 4.75. The number of carboxylic acid groups (broad SMARTS) is 1. The first-order valence-electron chi connectivity index (χ1n) is 9.28. The van der Waals surface area contributed by atoms with Gasteiger partial charge in [0.2, 0.25) is 0 Å². The number of carbonyl (C=O) groups excluding carboxylic acids is 1. The van der Waals surface area contributed by atoms with Gasteiger partial charge in [0.1, 0.15) is 4.21 Å². The molecule has 0 radical (unpaired) electrons. The number of ether oxygens (including phenoxy) is 1. The summed E-state index contributed by atoms with van der Waals surface area (Å²) in [4.78, 5) is 25.6. The summed E-state index contributed by atoms with van der Waals surface area (Å²) in [5.41, 5.74) is 0.600. The molecule has 0 atom stereocenters. The van der Waals surface area contributed by atoms with E-state index in [9.17, 15) is 23.1 Å². The first-order chi connectivity index (χ1) is 14.2. The van der Waals surface area contributed by atoms with E-state index in [0.29, 0.717) is 42.6 Å². The minimum absolute atomic E-state index is 0.0194. The number of esters is 1. The number of halogens is 1. The van der Waals surface area contributed by atoms with Crippen molar-refractivity contribution in [2.75, 3.05) is 29.3 Å². The first-order valence-corrected chi connectivity index (χ1v) is 12.0. The standard InChI is InChI=1S/C19H21ClN2O6S2/c1-2-28-19(25)12-7-9-22(10-8-12)15-4-3-13(11-14(15)18(23)24)21-30(26,27)17-6-5-16(20)29-17/h3-6,11-12,21H,2,7-10H2,1H3,(H,23,24). The van der Waals surface area contributed by atoms with Crippen molar-refractivity contribution in [3.8, 4) is 0 Å². The number of piperidine rings is 1. The molecule has 1 aliphatic heterocycles. The molecular weight excluding hydrogens is 452 g/mol. The average molecular weight is 473 g/mol. The molecule has 0 unspecified atom stereocenters. The van der Waals surface area contributed by atoms with E-state index in [4.69, 9.17) is 16.3 Å². The highest BCUT2D eigenvalue weighted by Gasteiger charge is 2.28. The van der Waals surface area contributed by atoms with Gasteiger partial charge in [0.05, 0.1) is 28.1 Å². The fraction of sp³-hybridized carbons (Fsp3) is 0.368. The van der Waals surface area contributed by atoms with E-state index in [2.05, 4.69) is 4.72 Å². The highest BCUT2D eigenvalue weighted by Crippen LogP contribution is 2.31. The van der Waals surface area contributed by atoms with Crippen molar-refractivity contribution in [2.45, 2.75) is 24.0 Å². The van der Waals surface area contributed by atoms with Crippen LogP contribution in [0.4, 0.5) is 11.4 Å². The molecule has 0 bridgehead atoms. The summed E-state index contributed by atoms with van der Waals surface area (Å²) in [6.07, 6.45) is 1.12. The molecule has 162 valence electrons. The predicted octanol–water partition coefficient (Wildman–Crippen LogP) is 3.68. The third-order valence-corrected chi connectivity index (χ3v) is 7.85. The molecule has 0 spiro atoms. The Balaban J connectivity index is 1.78. The quantitative estimate of drug-likeness (QED) is 0.591. The van der Waals surface area contributed by atoms with E-state index in [-0.39, 0.29) is 27.3 Å². The fourth-order valence-corrected chi connectivity index (χ4v) is 5.84. The zero-order valence-corrected chi connectivity index (χ0v) is 18.5. The van der Waals surface area contributed by atoms with Gasteiger partial charge in [-0.1, -0.05) is 11.6 Å². The Kier molecular flexibility index (Phi) is 6.89. The van der Waals surface area contributed by atoms with E-state index in [1.54, 1.807) is 13.0 Å². The molecule has 1 aromatic carbocycles. The number of hydrogen-bond donors (Lipinski definition) is 2. The van der Waals surface area contributed by atoms with Crippen molar-refractivity contribution in [2.24, 2.45) is 5.92 Å². The molecule has 1 fully saturated rings. The molecular formula is C19H21ClN2O6S2. The number of rotatable bonds is 7. The monoisotopic (exact) mass is 472 g/mol. The maximum atomic E-state index is 12.5. The minimum Gasteiger partial charge on any atom is -0.478 e. The molecule has 3 rings (SSSR count). The largest absolute Gasteiger partial charge is 0.478 e. The number of sulfonamides is 1. The number of carbonyl (C=O) groups is 2. The van der Waals surface area contributed by atoms with Crippen molar-refractivity contribution < 1.29 is 27.9 Å². The van der Waals surface area contributed by atoms with Gasteiger partial charge in [0.15, 0.2) is 0 Å². The van der Waals surface area contributed by atoms with Gasteiger partial charge in [0, 0.05) is 18.8 Å². The van der Waals surface area contributed by atoms with Crippen molar-refractivity contribution >= 4 is 56.3 Å². The van der Waals surface area contributed by atoms with Crippen LogP contribution in [0.1, 0.15) is 30.1 Å². The maximum Gasteiger partial charge on any atom is 0.337 e. The maximum absolute atomic E-state index is 12.5. The summed E-state index contributed by atoms with van der Waals surface area (Å²) in [5, 5.41) is 9.66. The van der Waals surface area contributed by atoms with Crippen molar-refractivity contribution in [1.29, 1.82) is 0 Å². The average Bonchev–Trinajstić information content (AvgIpc) is 3.15. The van der Waals surface area contributed by atoms with Gasteiger partial charge in [-0.15, -0.1) is 11.3 Å². The van der Waals surface area contributed by atoms with E-state index >= 15 is 0 Å². The molecule has 1 aromatic heterocycles. The van der Waals surface area contributed by atoms with Crippen LogP contribution in [0.5, 0.6) is 0 Å². The lowest BCUT2D eigenvalue weighted by Gasteiger charge is -2.33. The molecule has 0 saturated carbocycles. The Bertz CT molecular complexity index is 1050. The Labute approximate surface area is 183 Å². The van der Waals surface area contributed by atoms with Crippen LogP contribution in [0, 0.1) is 5.92 Å². The molecule has 0 amide bonds. The number of thiophene rings is 1. The SMILES string of the molecule is CCOC(=O)C1CCN(c2ccc(NS(=O)(=O)c3ccc(Cl)s3)cc2C(=O)O)CC1. The third kappa shape index (κ3) is 5.05. The van der Waals surface area contributed by atoms with Gasteiger partial charge in [-0.25, -0.2) is 13.2 Å².